The molecule has 13 heteroatoms. The Labute approximate surface area is 187 Å². The normalized spacial score (nSPS) is 19.2. The number of sulfonamides is 1. The topological polar surface area (TPSA) is 99.7 Å². The van der Waals surface area contributed by atoms with Gasteiger partial charge in [-0.3, -0.25) is 19.2 Å². The third-order valence-electron chi connectivity index (χ3n) is 5.19. The van der Waals surface area contributed by atoms with Gasteiger partial charge in [0.15, 0.2) is 6.29 Å². The number of alkyl halides is 3. The minimum absolute atomic E-state index is 0.0895. The highest BCUT2D eigenvalue weighted by Gasteiger charge is 2.50. The van der Waals surface area contributed by atoms with Gasteiger partial charge in [0.2, 0.25) is 15.8 Å². The molecule has 1 atom stereocenters. The van der Waals surface area contributed by atoms with Crippen LogP contribution in [0, 0.1) is 0 Å². The second-order valence-electron chi connectivity index (χ2n) is 7.98. The van der Waals surface area contributed by atoms with E-state index in [-0.39, 0.29) is 30.3 Å². The van der Waals surface area contributed by atoms with Crippen LogP contribution in [0.2, 0.25) is 0 Å². The van der Waals surface area contributed by atoms with Crippen molar-refractivity contribution < 1.29 is 31.2 Å². The zero-order valence-electron chi connectivity index (χ0n) is 17.4. The average molecular weight is 491 g/mol. The summed E-state index contributed by atoms with van der Waals surface area (Å²) in [6.45, 7) is 3.79. The van der Waals surface area contributed by atoms with E-state index in [1.165, 1.54) is 17.2 Å². The fourth-order valence-electron chi connectivity index (χ4n) is 3.68. The van der Waals surface area contributed by atoms with Crippen molar-refractivity contribution in [2.45, 2.75) is 38.1 Å². The van der Waals surface area contributed by atoms with E-state index in [9.17, 15) is 31.2 Å². The maximum atomic E-state index is 13.1. The Hall–Kier alpha value is -2.51. The number of halogens is 3. The molecule has 3 heterocycles. The molecule has 3 rings (SSSR count). The number of nitrogens with one attached hydrogen (secondary N) is 1. The first kappa shape index (κ1) is 24.1. The molecule has 8 nitrogen and oxygen atoms in total. The van der Waals surface area contributed by atoms with Crippen molar-refractivity contribution in [3.63, 3.8) is 0 Å². The lowest BCUT2D eigenvalue weighted by Gasteiger charge is -2.34. The zero-order valence-corrected chi connectivity index (χ0v) is 19.0. The van der Waals surface area contributed by atoms with Gasteiger partial charge < -0.3 is 4.90 Å². The van der Waals surface area contributed by atoms with Crippen molar-refractivity contribution in [2.75, 3.05) is 22.5 Å². The first-order valence-electron chi connectivity index (χ1n) is 9.31. The SMILES string of the molecule is CC1(C)C(C(=O)C=O)N(c2cc(C(F)(F)F)cs2)CN1Cc1ccnc(NS(C)(=O)=O)c1. The Kier molecular flexibility index (Phi) is 6.37. The van der Waals surface area contributed by atoms with E-state index in [1.54, 1.807) is 19.9 Å². The van der Waals surface area contributed by atoms with Crippen LogP contribution in [0.15, 0.2) is 29.8 Å². The molecule has 0 aliphatic carbocycles. The van der Waals surface area contributed by atoms with E-state index in [1.807, 2.05) is 4.90 Å². The molecule has 1 unspecified atom stereocenters. The first-order chi connectivity index (χ1) is 14.7. The molecule has 0 amide bonds. The molecule has 1 N–H and O–H groups in total. The number of aldehydes is 1. The predicted octanol–water partition coefficient (Wildman–Crippen LogP) is 2.73. The summed E-state index contributed by atoms with van der Waals surface area (Å²) >= 11 is 0.848. The van der Waals surface area contributed by atoms with Gasteiger partial charge in [0.25, 0.3) is 0 Å². The van der Waals surface area contributed by atoms with Crippen LogP contribution in [0.1, 0.15) is 25.0 Å². The monoisotopic (exact) mass is 490 g/mol. The molecule has 0 radical (unpaired) electrons. The Morgan fingerprint density at radius 2 is 2.06 bits per heavy atom. The highest BCUT2D eigenvalue weighted by Crippen LogP contribution is 2.42. The summed E-state index contributed by atoms with van der Waals surface area (Å²) in [6.07, 6.45) is -1.92. The van der Waals surface area contributed by atoms with E-state index in [0.717, 1.165) is 29.0 Å². The van der Waals surface area contributed by atoms with Crippen LogP contribution in [-0.2, 0) is 32.3 Å². The lowest BCUT2D eigenvalue weighted by atomic mass is 9.91. The number of rotatable bonds is 7. The molecular formula is C19H21F3N4O4S2. The van der Waals surface area contributed by atoms with Gasteiger partial charge in [0.1, 0.15) is 11.9 Å². The summed E-state index contributed by atoms with van der Waals surface area (Å²) in [5, 5.41) is 1.20. The average Bonchev–Trinajstić information content (AvgIpc) is 3.23. The highest BCUT2D eigenvalue weighted by molar-refractivity contribution is 7.92. The van der Waals surface area contributed by atoms with Crippen molar-refractivity contribution in [1.82, 2.24) is 9.88 Å². The number of aromatic nitrogens is 1. The van der Waals surface area contributed by atoms with Crippen molar-refractivity contribution in [3.8, 4) is 0 Å². The van der Waals surface area contributed by atoms with Gasteiger partial charge in [-0.15, -0.1) is 11.3 Å². The summed E-state index contributed by atoms with van der Waals surface area (Å²) in [4.78, 5) is 31.1. The van der Waals surface area contributed by atoms with Crippen LogP contribution >= 0.6 is 11.3 Å². The van der Waals surface area contributed by atoms with Crippen LogP contribution in [0.4, 0.5) is 24.0 Å². The van der Waals surface area contributed by atoms with E-state index in [0.29, 0.717) is 5.56 Å². The van der Waals surface area contributed by atoms with Gasteiger partial charge in [-0.05, 0) is 37.6 Å². The number of ketones is 1. The van der Waals surface area contributed by atoms with Gasteiger partial charge in [-0.1, -0.05) is 0 Å². The third-order valence-corrected chi connectivity index (χ3v) is 6.73. The van der Waals surface area contributed by atoms with Crippen LogP contribution < -0.4 is 9.62 Å². The van der Waals surface area contributed by atoms with Gasteiger partial charge in [0, 0.05) is 23.7 Å². The van der Waals surface area contributed by atoms with E-state index in [4.69, 9.17) is 0 Å². The van der Waals surface area contributed by atoms with Gasteiger partial charge in [-0.25, -0.2) is 13.4 Å². The zero-order chi connectivity index (χ0) is 23.9. The van der Waals surface area contributed by atoms with E-state index < -0.39 is 39.1 Å². The number of hydrogen-bond donors (Lipinski definition) is 1. The maximum absolute atomic E-state index is 13.1. The lowest BCUT2D eigenvalue weighted by molar-refractivity contribution is -0.137. The number of Topliss-reactive ketones (excluding diaryl/α,β-unsaturated/α-hetero) is 1. The molecule has 2 aromatic heterocycles. The Balaban J connectivity index is 1.93. The minimum Gasteiger partial charge on any atom is -0.338 e. The summed E-state index contributed by atoms with van der Waals surface area (Å²) in [7, 11) is -3.53. The van der Waals surface area contributed by atoms with Crippen molar-refractivity contribution in [1.29, 1.82) is 0 Å². The lowest BCUT2D eigenvalue weighted by Crippen LogP contribution is -2.51. The van der Waals surface area contributed by atoms with Crippen molar-refractivity contribution in [3.05, 3.63) is 40.9 Å². The van der Waals surface area contributed by atoms with Crippen molar-refractivity contribution in [2.24, 2.45) is 0 Å². The molecule has 1 saturated heterocycles. The Bertz CT molecular complexity index is 1130. The van der Waals surface area contributed by atoms with E-state index in [2.05, 4.69) is 9.71 Å². The van der Waals surface area contributed by atoms with Gasteiger partial charge in [-0.2, -0.15) is 13.2 Å². The Morgan fingerprint density at radius 1 is 1.38 bits per heavy atom. The largest absolute Gasteiger partial charge is 0.417 e. The van der Waals surface area contributed by atoms with Gasteiger partial charge in [0.05, 0.1) is 23.5 Å². The molecule has 1 fully saturated rings. The van der Waals surface area contributed by atoms with Crippen LogP contribution in [-0.4, -0.2) is 54.9 Å². The number of carbonyl (C=O) groups excluding carboxylic acids is 2. The summed E-state index contributed by atoms with van der Waals surface area (Å²) in [6, 6.07) is 3.17. The summed E-state index contributed by atoms with van der Waals surface area (Å²) in [5.74, 6) is -0.624. The second kappa shape index (κ2) is 8.45. The molecule has 0 aromatic carbocycles. The van der Waals surface area contributed by atoms with Gasteiger partial charge >= 0.3 is 6.18 Å². The number of thiophene rings is 1. The predicted molar refractivity (Wildman–Crippen MR) is 114 cm³/mol. The molecule has 32 heavy (non-hydrogen) atoms. The van der Waals surface area contributed by atoms with Crippen molar-refractivity contribution >= 4 is 44.2 Å². The fourth-order valence-corrected chi connectivity index (χ4v) is 5.12. The number of hydrogen-bond acceptors (Lipinski definition) is 8. The molecule has 174 valence electrons. The number of pyridine rings is 1. The molecule has 2 aromatic rings. The summed E-state index contributed by atoms with van der Waals surface area (Å²) in [5.41, 5.74) is -1.06. The molecule has 1 aliphatic rings. The molecule has 0 spiro atoms. The van der Waals surface area contributed by atoms with E-state index >= 15 is 0 Å². The fraction of sp³-hybridized carbons (Fsp3) is 0.421. The molecule has 0 saturated carbocycles. The Morgan fingerprint density at radius 3 is 2.62 bits per heavy atom. The number of carbonyl (C=O) groups is 2. The van der Waals surface area contributed by atoms with Crippen LogP contribution in [0.5, 0.6) is 0 Å². The molecule has 1 aliphatic heterocycles. The third kappa shape index (κ3) is 5.10. The standard InChI is InChI=1S/C19H21F3N4O4S2/c1-18(2)17(14(28)9-27)26(16-7-13(10-31-16)19(20,21)22)11-25(18)8-12-4-5-23-15(6-12)24-32(3,29)30/h4-7,9-10,17H,8,11H2,1-3H3,(H,23,24). The molecule has 0 bridgehead atoms. The van der Waals surface area contributed by atoms with Crippen LogP contribution in [0.3, 0.4) is 0 Å². The highest BCUT2D eigenvalue weighted by atomic mass is 32.2. The second-order valence-corrected chi connectivity index (χ2v) is 10.6. The minimum atomic E-state index is -4.52. The summed E-state index contributed by atoms with van der Waals surface area (Å²) < 4.78 is 64.5. The quantitative estimate of drug-likeness (QED) is 0.471. The number of nitrogens with zero attached hydrogens (tertiary/aromatic N) is 3. The molecular weight excluding hydrogens is 469 g/mol. The number of anilines is 2. The smallest absolute Gasteiger partial charge is 0.338 e. The van der Waals surface area contributed by atoms with Crippen LogP contribution in [0.25, 0.3) is 0 Å². The first-order valence-corrected chi connectivity index (χ1v) is 12.1. The maximum Gasteiger partial charge on any atom is 0.417 e.